The Labute approximate surface area is 119 Å². The van der Waals surface area contributed by atoms with Crippen molar-refractivity contribution >= 4 is 29.2 Å². The molecule has 0 radical (unpaired) electrons. The van der Waals surface area contributed by atoms with Crippen molar-refractivity contribution in [1.29, 1.82) is 0 Å². The average molecular weight is 297 g/mol. The lowest BCUT2D eigenvalue weighted by Gasteiger charge is -2.14. The van der Waals surface area contributed by atoms with Crippen LogP contribution in [0.1, 0.15) is 10.8 Å². The summed E-state index contributed by atoms with van der Waals surface area (Å²) in [5.41, 5.74) is 12.0. The molecule has 0 aliphatic heterocycles. The van der Waals surface area contributed by atoms with E-state index in [1.54, 1.807) is 12.1 Å². The van der Waals surface area contributed by atoms with E-state index in [1.165, 1.54) is 17.8 Å². The van der Waals surface area contributed by atoms with Gasteiger partial charge in [0.1, 0.15) is 5.82 Å². The lowest BCUT2D eigenvalue weighted by atomic mass is 10.1. The number of H-pyrrole nitrogens is 1. The maximum atomic E-state index is 11.3. The lowest BCUT2D eigenvalue weighted by Crippen LogP contribution is -2.13. The Balaban J connectivity index is 2.23. The molecule has 1 aromatic carbocycles. The van der Waals surface area contributed by atoms with Gasteiger partial charge in [0.05, 0.1) is 0 Å². The van der Waals surface area contributed by atoms with E-state index in [1.807, 2.05) is 12.1 Å². The van der Waals surface area contributed by atoms with E-state index >= 15 is 0 Å². The topological polar surface area (TPSA) is 97.8 Å². The van der Waals surface area contributed by atoms with Gasteiger partial charge in [0.2, 0.25) is 0 Å². The SMILES string of the molecule is NCC(Sc1nc(N)cc(=O)[nH]1)c1ccc(Cl)cc1. The summed E-state index contributed by atoms with van der Waals surface area (Å²) in [5.74, 6) is 0.193. The summed E-state index contributed by atoms with van der Waals surface area (Å²) in [6.07, 6.45) is 0. The molecule has 0 fully saturated rings. The normalized spacial score (nSPS) is 12.3. The fourth-order valence-electron chi connectivity index (χ4n) is 1.57. The number of hydrogen-bond donors (Lipinski definition) is 3. The van der Waals surface area contributed by atoms with Crippen LogP contribution < -0.4 is 17.0 Å². The molecule has 0 aliphatic rings. The maximum absolute atomic E-state index is 11.3. The van der Waals surface area contributed by atoms with Crippen molar-refractivity contribution in [3.8, 4) is 0 Å². The quantitative estimate of drug-likeness (QED) is 0.590. The minimum absolute atomic E-state index is 0.0257. The zero-order valence-electron chi connectivity index (χ0n) is 9.97. The van der Waals surface area contributed by atoms with Gasteiger partial charge >= 0.3 is 0 Å². The number of hydrogen-bond acceptors (Lipinski definition) is 5. The van der Waals surface area contributed by atoms with E-state index in [4.69, 9.17) is 23.1 Å². The predicted octanol–water partition coefficient (Wildman–Crippen LogP) is 1.80. The molecule has 100 valence electrons. The van der Waals surface area contributed by atoms with E-state index < -0.39 is 0 Å². The molecule has 0 saturated carbocycles. The number of rotatable bonds is 4. The van der Waals surface area contributed by atoms with Crippen LogP contribution in [0.5, 0.6) is 0 Å². The number of nitrogens with two attached hydrogens (primary N) is 2. The highest BCUT2D eigenvalue weighted by atomic mass is 35.5. The smallest absolute Gasteiger partial charge is 0.253 e. The number of benzene rings is 1. The lowest BCUT2D eigenvalue weighted by molar-refractivity contribution is 0.901. The van der Waals surface area contributed by atoms with Crippen LogP contribution in [0.3, 0.4) is 0 Å². The highest BCUT2D eigenvalue weighted by Crippen LogP contribution is 2.32. The van der Waals surface area contributed by atoms with Crippen LogP contribution in [0.25, 0.3) is 0 Å². The minimum Gasteiger partial charge on any atom is -0.383 e. The second-order valence-electron chi connectivity index (χ2n) is 3.87. The zero-order valence-corrected chi connectivity index (χ0v) is 11.5. The Kier molecular flexibility index (Phi) is 4.47. The number of anilines is 1. The number of nitrogens with zero attached hydrogens (tertiary/aromatic N) is 1. The van der Waals surface area contributed by atoms with Crippen molar-refractivity contribution in [2.45, 2.75) is 10.4 Å². The van der Waals surface area contributed by atoms with Gasteiger partial charge in [0, 0.05) is 22.9 Å². The van der Waals surface area contributed by atoms with Crippen LogP contribution in [-0.2, 0) is 0 Å². The molecule has 2 aromatic rings. The second kappa shape index (κ2) is 6.10. The highest BCUT2D eigenvalue weighted by Gasteiger charge is 2.13. The van der Waals surface area contributed by atoms with Crippen molar-refractivity contribution in [3.05, 3.63) is 51.3 Å². The van der Waals surface area contributed by atoms with Crippen LogP contribution in [-0.4, -0.2) is 16.5 Å². The largest absolute Gasteiger partial charge is 0.383 e. The van der Waals surface area contributed by atoms with Gasteiger partial charge in [0.15, 0.2) is 5.16 Å². The van der Waals surface area contributed by atoms with Gasteiger partial charge in [-0.15, -0.1) is 0 Å². The summed E-state index contributed by atoms with van der Waals surface area (Å²) in [6.45, 7) is 0.408. The Bertz CT molecular complexity index is 614. The van der Waals surface area contributed by atoms with Gasteiger partial charge in [-0.1, -0.05) is 35.5 Å². The fourth-order valence-corrected chi connectivity index (χ4v) is 2.68. The predicted molar refractivity (Wildman–Crippen MR) is 78.4 cm³/mol. The molecule has 5 N–H and O–H groups in total. The fraction of sp³-hybridized carbons (Fsp3) is 0.167. The maximum Gasteiger partial charge on any atom is 0.253 e. The molecule has 1 atom stereocenters. The molecule has 19 heavy (non-hydrogen) atoms. The first-order valence-corrected chi connectivity index (χ1v) is 6.83. The number of nitrogens with one attached hydrogen (secondary N) is 1. The van der Waals surface area contributed by atoms with Gasteiger partial charge in [-0.25, -0.2) is 4.98 Å². The third-order valence-electron chi connectivity index (χ3n) is 2.45. The van der Waals surface area contributed by atoms with Crippen molar-refractivity contribution in [2.24, 2.45) is 5.73 Å². The van der Waals surface area contributed by atoms with E-state index in [0.29, 0.717) is 16.7 Å². The van der Waals surface area contributed by atoms with Gasteiger partial charge in [-0.2, -0.15) is 0 Å². The van der Waals surface area contributed by atoms with Crippen molar-refractivity contribution in [1.82, 2.24) is 9.97 Å². The summed E-state index contributed by atoms with van der Waals surface area (Å²) < 4.78 is 0. The summed E-state index contributed by atoms with van der Waals surface area (Å²) >= 11 is 7.21. The van der Waals surface area contributed by atoms with Gasteiger partial charge < -0.3 is 16.5 Å². The van der Waals surface area contributed by atoms with Crippen LogP contribution in [0.2, 0.25) is 5.02 Å². The van der Waals surface area contributed by atoms with Crippen molar-refractivity contribution < 1.29 is 0 Å². The number of nitrogen functional groups attached to an aromatic ring is 1. The molecule has 0 aliphatic carbocycles. The number of halogens is 1. The highest BCUT2D eigenvalue weighted by molar-refractivity contribution is 7.99. The molecule has 2 rings (SSSR count). The molecule has 0 saturated heterocycles. The van der Waals surface area contributed by atoms with Gasteiger partial charge in [0.25, 0.3) is 5.56 Å². The number of aromatic amines is 1. The van der Waals surface area contributed by atoms with Crippen LogP contribution in [0.15, 0.2) is 40.3 Å². The Morgan fingerprint density at radius 2 is 2.05 bits per heavy atom. The van der Waals surface area contributed by atoms with Crippen LogP contribution in [0.4, 0.5) is 5.82 Å². The van der Waals surface area contributed by atoms with E-state index in [9.17, 15) is 4.79 Å². The molecular formula is C12H13ClN4OS. The zero-order chi connectivity index (χ0) is 13.8. The van der Waals surface area contributed by atoms with Gasteiger partial charge in [-0.3, -0.25) is 4.79 Å². The number of aromatic nitrogens is 2. The molecule has 5 nitrogen and oxygen atoms in total. The van der Waals surface area contributed by atoms with Gasteiger partial charge in [-0.05, 0) is 17.7 Å². The molecule has 0 amide bonds. The molecule has 1 heterocycles. The van der Waals surface area contributed by atoms with E-state index in [0.717, 1.165) is 5.56 Å². The monoisotopic (exact) mass is 296 g/mol. The van der Waals surface area contributed by atoms with E-state index in [-0.39, 0.29) is 16.6 Å². The van der Waals surface area contributed by atoms with Crippen molar-refractivity contribution in [3.63, 3.8) is 0 Å². The molecular weight excluding hydrogens is 284 g/mol. The molecule has 0 bridgehead atoms. The van der Waals surface area contributed by atoms with Crippen molar-refractivity contribution in [2.75, 3.05) is 12.3 Å². The minimum atomic E-state index is -0.276. The second-order valence-corrected chi connectivity index (χ2v) is 5.50. The average Bonchev–Trinajstić information content (AvgIpc) is 2.36. The molecule has 1 unspecified atom stereocenters. The Hall–Kier alpha value is -1.50. The van der Waals surface area contributed by atoms with Crippen LogP contribution in [0, 0.1) is 0 Å². The third kappa shape index (κ3) is 3.73. The standard InChI is InChI=1S/C12H13ClN4OS/c13-8-3-1-7(2-4-8)9(6-14)19-12-16-10(15)5-11(18)17-12/h1-5,9H,6,14H2,(H3,15,16,17,18). The summed E-state index contributed by atoms with van der Waals surface area (Å²) in [4.78, 5) is 18.0. The van der Waals surface area contributed by atoms with Crippen LogP contribution >= 0.6 is 23.4 Å². The summed E-state index contributed by atoms with van der Waals surface area (Å²) in [6, 6.07) is 8.64. The third-order valence-corrected chi connectivity index (χ3v) is 3.87. The summed E-state index contributed by atoms with van der Waals surface area (Å²) in [7, 11) is 0. The first-order valence-electron chi connectivity index (χ1n) is 5.57. The number of thioether (sulfide) groups is 1. The Morgan fingerprint density at radius 3 is 2.63 bits per heavy atom. The first kappa shape index (κ1) is 13.9. The molecule has 1 aromatic heterocycles. The Morgan fingerprint density at radius 1 is 1.37 bits per heavy atom. The molecule has 7 heteroatoms. The first-order chi connectivity index (χ1) is 9.08. The van der Waals surface area contributed by atoms with E-state index in [2.05, 4.69) is 9.97 Å². The summed E-state index contributed by atoms with van der Waals surface area (Å²) in [5, 5.41) is 1.10. The molecule has 0 spiro atoms.